The predicted molar refractivity (Wildman–Crippen MR) is 93.4 cm³/mol. The lowest BCUT2D eigenvalue weighted by atomic mass is 10.1. The zero-order valence-corrected chi connectivity index (χ0v) is 15.1. The van der Waals surface area contributed by atoms with Crippen molar-refractivity contribution in [1.82, 2.24) is 5.32 Å². The molecule has 146 valence electrons. The molecule has 8 heteroatoms. The molecule has 1 atom stereocenters. The number of nitrogens with one attached hydrogen (secondary N) is 1. The highest BCUT2D eigenvalue weighted by atomic mass is 19.4. The topological polar surface area (TPSA) is 56.8 Å². The minimum absolute atomic E-state index is 0.0387. The van der Waals surface area contributed by atoms with E-state index in [-0.39, 0.29) is 17.7 Å². The molecule has 0 saturated heterocycles. The van der Waals surface area contributed by atoms with Crippen molar-refractivity contribution in [3.63, 3.8) is 0 Å². The van der Waals surface area contributed by atoms with Crippen LogP contribution in [-0.4, -0.2) is 32.9 Å². The minimum Gasteiger partial charge on any atom is -0.493 e. The van der Waals surface area contributed by atoms with Crippen LogP contribution in [0.2, 0.25) is 0 Å². The molecule has 0 aromatic heterocycles. The molecule has 0 aliphatic carbocycles. The van der Waals surface area contributed by atoms with Crippen LogP contribution in [0.1, 0.15) is 28.9 Å². The van der Waals surface area contributed by atoms with Crippen LogP contribution < -0.4 is 19.5 Å². The Morgan fingerprint density at radius 2 is 1.67 bits per heavy atom. The normalized spacial score (nSPS) is 12.2. The van der Waals surface area contributed by atoms with Crippen molar-refractivity contribution < 1.29 is 32.2 Å². The van der Waals surface area contributed by atoms with Gasteiger partial charge < -0.3 is 19.5 Å². The molecule has 1 N–H and O–H groups in total. The van der Waals surface area contributed by atoms with Gasteiger partial charge in [0.15, 0.2) is 18.1 Å². The minimum atomic E-state index is -4.41. The Kier molecular flexibility index (Phi) is 6.55. The van der Waals surface area contributed by atoms with E-state index in [9.17, 15) is 18.0 Å². The third-order valence-corrected chi connectivity index (χ3v) is 3.77. The summed E-state index contributed by atoms with van der Waals surface area (Å²) in [6.45, 7) is 0.425. The largest absolute Gasteiger partial charge is 0.493 e. The van der Waals surface area contributed by atoms with Gasteiger partial charge in [-0.05, 0) is 48.9 Å². The Balaban J connectivity index is 2.02. The third kappa shape index (κ3) is 5.80. The molecule has 2 aromatic carbocycles. The van der Waals surface area contributed by atoms with Gasteiger partial charge in [-0.25, -0.2) is 0 Å². The zero-order valence-electron chi connectivity index (χ0n) is 15.1. The third-order valence-electron chi connectivity index (χ3n) is 3.77. The van der Waals surface area contributed by atoms with Gasteiger partial charge in [0.1, 0.15) is 5.75 Å². The summed E-state index contributed by atoms with van der Waals surface area (Å²) >= 11 is 0. The molecule has 0 bridgehead atoms. The molecule has 5 nitrogen and oxygen atoms in total. The number of alkyl halides is 3. The first kappa shape index (κ1) is 20.4. The Labute approximate surface area is 155 Å². The molecule has 0 heterocycles. The number of hydrogen-bond donors (Lipinski definition) is 1. The standard InChI is InChI=1S/C19H20F3NO4/c1-12(14-6-9-16(25-2)17(10-14)26-3)23-18(24)13-4-7-15(8-5-13)27-11-19(20,21)22/h4-10,12H,11H2,1-3H3,(H,23,24). The summed E-state index contributed by atoms with van der Waals surface area (Å²) in [5.41, 5.74) is 1.12. The van der Waals surface area contributed by atoms with E-state index in [2.05, 4.69) is 10.1 Å². The molecule has 0 fully saturated rings. The number of hydrogen-bond acceptors (Lipinski definition) is 4. The van der Waals surface area contributed by atoms with Crippen molar-refractivity contribution in [2.24, 2.45) is 0 Å². The molecular formula is C19H20F3NO4. The van der Waals surface area contributed by atoms with Gasteiger partial charge in [-0.2, -0.15) is 13.2 Å². The molecule has 0 aliphatic heterocycles. The van der Waals surface area contributed by atoms with Gasteiger partial charge >= 0.3 is 6.18 Å². The van der Waals surface area contributed by atoms with E-state index in [1.54, 1.807) is 25.1 Å². The van der Waals surface area contributed by atoms with Gasteiger partial charge in [0, 0.05) is 5.56 Å². The first-order valence-corrected chi connectivity index (χ1v) is 8.06. The lowest BCUT2D eigenvalue weighted by molar-refractivity contribution is -0.153. The Hall–Kier alpha value is -2.90. The molecule has 2 rings (SSSR count). The molecule has 0 radical (unpaired) electrons. The number of benzene rings is 2. The van der Waals surface area contributed by atoms with E-state index in [0.717, 1.165) is 5.56 Å². The average Bonchev–Trinajstić information content (AvgIpc) is 2.65. The quantitative estimate of drug-likeness (QED) is 0.781. The number of halogens is 3. The summed E-state index contributed by atoms with van der Waals surface area (Å²) in [5.74, 6) is 0.799. The summed E-state index contributed by atoms with van der Waals surface area (Å²) in [5, 5.41) is 2.82. The number of methoxy groups -OCH3 is 2. The highest BCUT2D eigenvalue weighted by Crippen LogP contribution is 2.30. The predicted octanol–water partition coefficient (Wildman–Crippen LogP) is 4.14. The van der Waals surface area contributed by atoms with E-state index >= 15 is 0 Å². The van der Waals surface area contributed by atoms with Crippen LogP contribution in [0.5, 0.6) is 17.2 Å². The summed E-state index contributed by atoms with van der Waals surface area (Å²) in [6.07, 6.45) is -4.41. The van der Waals surface area contributed by atoms with Crippen LogP contribution in [0.3, 0.4) is 0 Å². The Morgan fingerprint density at radius 3 is 2.22 bits per heavy atom. The van der Waals surface area contributed by atoms with E-state index in [0.29, 0.717) is 17.1 Å². The fourth-order valence-electron chi connectivity index (χ4n) is 2.35. The zero-order chi connectivity index (χ0) is 20.0. The Bertz CT molecular complexity index is 776. The summed E-state index contributed by atoms with van der Waals surface area (Å²) in [4.78, 5) is 12.3. The van der Waals surface area contributed by atoms with Crippen LogP contribution in [0.4, 0.5) is 13.2 Å². The van der Waals surface area contributed by atoms with E-state index in [4.69, 9.17) is 9.47 Å². The van der Waals surface area contributed by atoms with Gasteiger partial charge in [-0.3, -0.25) is 4.79 Å². The fourth-order valence-corrected chi connectivity index (χ4v) is 2.35. The lowest BCUT2D eigenvalue weighted by Gasteiger charge is -2.17. The maximum atomic E-state index is 12.3. The van der Waals surface area contributed by atoms with Gasteiger partial charge in [-0.15, -0.1) is 0 Å². The second-order valence-corrected chi connectivity index (χ2v) is 5.74. The molecule has 0 spiro atoms. The van der Waals surface area contributed by atoms with Gasteiger partial charge in [0.2, 0.25) is 0 Å². The van der Waals surface area contributed by atoms with Crippen molar-refractivity contribution >= 4 is 5.91 Å². The van der Waals surface area contributed by atoms with Crippen molar-refractivity contribution in [3.05, 3.63) is 53.6 Å². The molecule has 1 amide bonds. The lowest BCUT2D eigenvalue weighted by Crippen LogP contribution is -2.26. The van der Waals surface area contributed by atoms with E-state index in [1.807, 2.05) is 0 Å². The second-order valence-electron chi connectivity index (χ2n) is 5.74. The molecule has 27 heavy (non-hydrogen) atoms. The number of amides is 1. The van der Waals surface area contributed by atoms with Gasteiger partial charge in [0.25, 0.3) is 5.91 Å². The number of ether oxygens (including phenoxy) is 3. The molecule has 2 aromatic rings. The highest BCUT2D eigenvalue weighted by molar-refractivity contribution is 5.94. The number of rotatable bonds is 7. The average molecular weight is 383 g/mol. The van der Waals surface area contributed by atoms with Crippen LogP contribution in [-0.2, 0) is 0 Å². The van der Waals surface area contributed by atoms with Crippen molar-refractivity contribution in [3.8, 4) is 17.2 Å². The number of carbonyl (C=O) groups is 1. The molecule has 0 aliphatic rings. The molecular weight excluding hydrogens is 363 g/mol. The van der Waals surface area contributed by atoms with E-state index in [1.165, 1.54) is 38.5 Å². The smallest absolute Gasteiger partial charge is 0.422 e. The Morgan fingerprint density at radius 1 is 1.04 bits per heavy atom. The van der Waals surface area contributed by atoms with Crippen LogP contribution >= 0.6 is 0 Å². The molecule has 1 unspecified atom stereocenters. The van der Waals surface area contributed by atoms with Crippen molar-refractivity contribution in [1.29, 1.82) is 0 Å². The van der Waals surface area contributed by atoms with Gasteiger partial charge in [-0.1, -0.05) is 6.07 Å². The maximum Gasteiger partial charge on any atom is 0.422 e. The first-order valence-electron chi connectivity index (χ1n) is 8.06. The summed E-state index contributed by atoms with van der Waals surface area (Å²) in [6, 6.07) is 10.4. The van der Waals surface area contributed by atoms with Gasteiger partial charge in [0.05, 0.1) is 20.3 Å². The second kappa shape index (κ2) is 8.66. The SMILES string of the molecule is COc1ccc(C(C)NC(=O)c2ccc(OCC(F)(F)F)cc2)cc1OC. The highest BCUT2D eigenvalue weighted by Gasteiger charge is 2.28. The van der Waals surface area contributed by atoms with Crippen molar-refractivity contribution in [2.45, 2.75) is 19.1 Å². The summed E-state index contributed by atoms with van der Waals surface area (Å²) in [7, 11) is 3.05. The van der Waals surface area contributed by atoms with Crippen LogP contribution in [0.15, 0.2) is 42.5 Å². The molecule has 0 saturated carbocycles. The maximum absolute atomic E-state index is 12.3. The first-order chi connectivity index (χ1) is 12.7. The number of carbonyl (C=O) groups excluding carboxylic acids is 1. The van der Waals surface area contributed by atoms with Crippen LogP contribution in [0, 0.1) is 0 Å². The van der Waals surface area contributed by atoms with Crippen molar-refractivity contribution in [2.75, 3.05) is 20.8 Å². The van der Waals surface area contributed by atoms with Crippen LogP contribution in [0.25, 0.3) is 0 Å². The summed E-state index contributed by atoms with van der Waals surface area (Å²) < 4.78 is 51.5. The fraction of sp³-hybridized carbons (Fsp3) is 0.316. The monoisotopic (exact) mass is 383 g/mol. The van der Waals surface area contributed by atoms with E-state index < -0.39 is 12.8 Å².